The van der Waals surface area contributed by atoms with Crippen LogP contribution in [-0.2, 0) is 4.79 Å². The normalized spacial score (nSPS) is 11.0. The van der Waals surface area contributed by atoms with Crippen molar-refractivity contribution in [3.63, 3.8) is 0 Å². The highest BCUT2D eigenvalue weighted by Gasteiger charge is 2.13. The van der Waals surface area contributed by atoms with E-state index in [9.17, 15) is 14.4 Å². The molecule has 0 atom stereocenters. The van der Waals surface area contributed by atoms with E-state index in [2.05, 4.69) is 21.2 Å². The highest BCUT2D eigenvalue weighted by atomic mass is 79.9. The Kier molecular flexibility index (Phi) is 5.30. The number of nitrogens with zero attached hydrogens (tertiary/aromatic N) is 1. The standard InChI is InChI=1S/C20H12BrFN2O2/c21-15-7-5-13(6-8-15)19-10-9-16(26-19)11-14(12-23)20(25)24-18-4-2-1-3-17(18)22/h1-11H,(H,24,25)/b14-11+. The highest BCUT2D eigenvalue weighted by Crippen LogP contribution is 2.25. The van der Waals surface area contributed by atoms with E-state index in [1.165, 1.54) is 24.3 Å². The molecule has 4 nitrogen and oxygen atoms in total. The second kappa shape index (κ2) is 7.81. The molecule has 0 aliphatic rings. The Morgan fingerprint density at radius 3 is 2.54 bits per heavy atom. The summed E-state index contributed by atoms with van der Waals surface area (Å²) in [5, 5.41) is 11.6. The fourth-order valence-electron chi connectivity index (χ4n) is 2.24. The molecule has 0 saturated carbocycles. The molecule has 6 heteroatoms. The largest absolute Gasteiger partial charge is 0.457 e. The molecule has 0 radical (unpaired) electrons. The molecule has 1 amide bonds. The summed E-state index contributed by atoms with van der Waals surface area (Å²) >= 11 is 3.37. The van der Waals surface area contributed by atoms with Crippen molar-refractivity contribution in [3.8, 4) is 17.4 Å². The number of halogens is 2. The summed E-state index contributed by atoms with van der Waals surface area (Å²) in [4.78, 5) is 12.2. The highest BCUT2D eigenvalue weighted by molar-refractivity contribution is 9.10. The summed E-state index contributed by atoms with van der Waals surface area (Å²) in [5.74, 6) is -0.327. The molecule has 26 heavy (non-hydrogen) atoms. The lowest BCUT2D eigenvalue weighted by atomic mass is 10.2. The topological polar surface area (TPSA) is 66.0 Å². The van der Waals surface area contributed by atoms with Gasteiger partial charge in [-0.3, -0.25) is 4.79 Å². The van der Waals surface area contributed by atoms with Gasteiger partial charge < -0.3 is 9.73 Å². The number of anilines is 1. The van der Waals surface area contributed by atoms with E-state index in [0.29, 0.717) is 11.5 Å². The maximum Gasteiger partial charge on any atom is 0.266 e. The Bertz CT molecular complexity index is 1020. The van der Waals surface area contributed by atoms with Crippen LogP contribution in [0.5, 0.6) is 0 Å². The van der Waals surface area contributed by atoms with Gasteiger partial charge in [0, 0.05) is 16.1 Å². The monoisotopic (exact) mass is 410 g/mol. The van der Waals surface area contributed by atoms with Crippen molar-refractivity contribution >= 4 is 33.6 Å². The van der Waals surface area contributed by atoms with Crippen molar-refractivity contribution in [2.75, 3.05) is 5.32 Å². The molecule has 3 rings (SSSR count). The summed E-state index contributed by atoms with van der Waals surface area (Å²) in [6.45, 7) is 0. The van der Waals surface area contributed by atoms with Crippen LogP contribution in [0.4, 0.5) is 10.1 Å². The van der Waals surface area contributed by atoms with Crippen molar-refractivity contribution in [2.45, 2.75) is 0 Å². The third kappa shape index (κ3) is 4.08. The van der Waals surface area contributed by atoms with Crippen LogP contribution in [0.2, 0.25) is 0 Å². The first-order valence-electron chi connectivity index (χ1n) is 7.60. The number of furan rings is 1. The van der Waals surface area contributed by atoms with Gasteiger partial charge in [0.25, 0.3) is 5.91 Å². The summed E-state index contributed by atoms with van der Waals surface area (Å²) in [5.41, 5.74) is 0.681. The molecule has 2 aromatic carbocycles. The number of nitrogens with one attached hydrogen (secondary N) is 1. The van der Waals surface area contributed by atoms with Gasteiger partial charge in [-0.1, -0.05) is 40.2 Å². The molecular weight excluding hydrogens is 399 g/mol. The van der Waals surface area contributed by atoms with Gasteiger partial charge in [0.15, 0.2) is 0 Å². The van der Waals surface area contributed by atoms with Gasteiger partial charge in [-0.25, -0.2) is 4.39 Å². The van der Waals surface area contributed by atoms with E-state index in [1.807, 2.05) is 24.3 Å². The van der Waals surface area contributed by atoms with E-state index >= 15 is 0 Å². The number of nitriles is 1. The van der Waals surface area contributed by atoms with Crippen LogP contribution >= 0.6 is 15.9 Å². The zero-order valence-electron chi connectivity index (χ0n) is 13.4. The predicted octanol–water partition coefficient (Wildman–Crippen LogP) is 5.39. The zero-order valence-corrected chi connectivity index (χ0v) is 15.0. The number of hydrogen-bond acceptors (Lipinski definition) is 3. The van der Waals surface area contributed by atoms with Crippen molar-refractivity contribution < 1.29 is 13.6 Å². The Morgan fingerprint density at radius 2 is 1.85 bits per heavy atom. The number of carbonyl (C=O) groups excluding carboxylic acids is 1. The molecule has 1 heterocycles. The Labute approximate surface area is 157 Å². The number of hydrogen-bond donors (Lipinski definition) is 1. The Balaban J connectivity index is 1.81. The molecule has 0 aliphatic carbocycles. The molecule has 0 bridgehead atoms. The Hall–Kier alpha value is -3.17. The second-order valence-corrected chi connectivity index (χ2v) is 6.23. The molecule has 0 spiro atoms. The van der Waals surface area contributed by atoms with Gasteiger partial charge in [-0.2, -0.15) is 5.26 Å². The van der Waals surface area contributed by atoms with Crippen LogP contribution in [0.3, 0.4) is 0 Å². The molecule has 0 saturated heterocycles. The molecule has 0 aliphatic heterocycles. The quantitative estimate of drug-likeness (QED) is 0.462. The minimum atomic E-state index is -0.709. The minimum Gasteiger partial charge on any atom is -0.457 e. The van der Waals surface area contributed by atoms with Crippen molar-refractivity contribution in [2.24, 2.45) is 0 Å². The maximum absolute atomic E-state index is 13.6. The average Bonchev–Trinajstić information content (AvgIpc) is 3.10. The Morgan fingerprint density at radius 1 is 1.12 bits per heavy atom. The fraction of sp³-hybridized carbons (Fsp3) is 0. The number of carbonyl (C=O) groups is 1. The van der Waals surface area contributed by atoms with Crippen molar-refractivity contribution in [1.29, 1.82) is 5.26 Å². The summed E-state index contributed by atoms with van der Waals surface area (Å²) < 4.78 is 20.2. The third-order valence-electron chi connectivity index (χ3n) is 3.53. The van der Waals surface area contributed by atoms with Crippen molar-refractivity contribution in [1.82, 2.24) is 0 Å². The number of amides is 1. The van der Waals surface area contributed by atoms with Gasteiger partial charge in [0.1, 0.15) is 29.0 Å². The average molecular weight is 411 g/mol. The summed E-state index contributed by atoms with van der Waals surface area (Å²) in [6, 6.07) is 18.5. The molecule has 1 aromatic heterocycles. The van der Waals surface area contributed by atoms with Crippen molar-refractivity contribution in [3.05, 3.63) is 82.3 Å². The van der Waals surface area contributed by atoms with Crippen LogP contribution < -0.4 is 5.32 Å². The second-order valence-electron chi connectivity index (χ2n) is 5.31. The smallest absolute Gasteiger partial charge is 0.266 e. The molecule has 3 aromatic rings. The van der Waals surface area contributed by atoms with Crippen LogP contribution in [-0.4, -0.2) is 5.91 Å². The lowest BCUT2D eigenvalue weighted by Crippen LogP contribution is -2.14. The first-order chi connectivity index (χ1) is 12.6. The van der Waals surface area contributed by atoms with E-state index < -0.39 is 11.7 Å². The predicted molar refractivity (Wildman–Crippen MR) is 100 cm³/mol. The fourth-order valence-corrected chi connectivity index (χ4v) is 2.51. The van der Waals surface area contributed by atoms with Gasteiger partial charge >= 0.3 is 0 Å². The SMILES string of the molecule is N#C/C(=C\c1ccc(-c2ccc(Br)cc2)o1)C(=O)Nc1ccccc1F. The molecular formula is C20H12BrFN2O2. The van der Waals surface area contributed by atoms with E-state index in [-0.39, 0.29) is 11.3 Å². The van der Waals surface area contributed by atoms with E-state index in [1.54, 1.807) is 24.3 Å². The lowest BCUT2D eigenvalue weighted by Gasteiger charge is -2.04. The van der Waals surface area contributed by atoms with E-state index in [4.69, 9.17) is 4.42 Å². The van der Waals surface area contributed by atoms with Crippen LogP contribution in [0, 0.1) is 17.1 Å². The molecule has 0 fully saturated rings. The first kappa shape index (κ1) is 17.6. The van der Waals surface area contributed by atoms with Gasteiger partial charge in [-0.05, 0) is 36.4 Å². The molecule has 1 N–H and O–H groups in total. The van der Waals surface area contributed by atoms with Crippen LogP contribution in [0.15, 0.2) is 75.1 Å². The molecule has 0 unspecified atom stereocenters. The number of benzene rings is 2. The zero-order chi connectivity index (χ0) is 18.5. The molecule has 128 valence electrons. The van der Waals surface area contributed by atoms with Crippen LogP contribution in [0.25, 0.3) is 17.4 Å². The third-order valence-corrected chi connectivity index (χ3v) is 4.06. The first-order valence-corrected chi connectivity index (χ1v) is 8.39. The van der Waals surface area contributed by atoms with Crippen LogP contribution in [0.1, 0.15) is 5.76 Å². The number of para-hydroxylation sites is 1. The van der Waals surface area contributed by atoms with Gasteiger partial charge in [-0.15, -0.1) is 0 Å². The van der Waals surface area contributed by atoms with Gasteiger partial charge in [0.05, 0.1) is 5.69 Å². The van der Waals surface area contributed by atoms with E-state index in [0.717, 1.165) is 10.0 Å². The summed E-state index contributed by atoms with van der Waals surface area (Å²) in [6.07, 6.45) is 1.32. The lowest BCUT2D eigenvalue weighted by molar-refractivity contribution is -0.112. The minimum absolute atomic E-state index is 0.00801. The number of rotatable bonds is 4. The van der Waals surface area contributed by atoms with Gasteiger partial charge in [0.2, 0.25) is 0 Å². The summed E-state index contributed by atoms with van der Waals surface area (Å²) in [7, 11) is 0. The maximum atomic E-state index is 13.6.